The quantitative estimate of drug-likeness (QED) is 0.248. The average Bonchev–Trinajstić information content (AvgIpc) is 3.40. The Balaban J connectivity index is 1.59. The van der Waals surface area contributed by atoms with Gasteiger partial charge in [-0.3, -0.25) is 4.79 Å². The molecule has 1 aliphatic carbocycles. The van der Waals surface area contributed by atoms with E-state index in [0.29, 0.717) is 29.2 Å². The van der Waals surface area contributed by atoms with E-state index >= 15 is 0 Å². The molecule has 0 aliphatic heterocycles. The van der Waals surface area contributed by atoms with Crippen molar-refractivity contribution >= 4 is 17.6 Å². The molecule has 7 nitrogen and oxygen atoms in total. The maximum absolute atomic E-state index is 13.1. The molecule has 1 aliphatic rings. The number of halogens is 3. The summed E-state index contributed by atoms with van der Waals surface area (Å²) in [5.41, 5.74) is 1.96. The lowest BCUT2D eigenvalue weighted by molar-refractivity contribution is -0.147. The second-order valence-electron chi connectivity index (χ2n) is 10.6. The van der Waals surface area contributed by atoms with Crippen molar-refractivity contribution in [2.45, 2.75) is 63.8 Å². The molecule has 2 unspecified atom stereocenters. The number of nitrogens with zero attached hydrogens (tertiary/aromatic N) is 1. The molecule has 0 spiro atoms. The molecule has 1 amide bonds. The van der Waals surface area contributed by atoms with Crippen LogP contribution in [0.5, 0.6) is 0 Å². The van der Waals surface area contributed by atoms with E-state index in [0.717, 1.165) is 59.7 Å². The van der Waals surface area contributed by atoms with Gasteiger partial charge >= 0.3 is 12.1 Å². The molecule has 3 N–H and O–H groups in total. The third kappa shape index (κ3) is 7.30. The predicted molar refractivity (Wildman–Crippen MR) is 149 cm³/mol. The molecule has 2 aromatic carbocycles. The molecular weight excluding hydrogens is 537 g/mol. The Hall–Kier alpha value is -3.79. The van der Waals surface area contributed by atoms with Crippen LogP contribution in [0, 0.1) is 5.92 Å². The number of aliphatic hydroxyl groups excluding tert-OH is 1. The zero-order valence-electron chi connectivity index (χ0n) is 23.1. The van der Waals surface area contributed by atoms with E-state index in [1.165, 1.54) is 25.6 Å². The third-order valence-corrected chi connectivity index (χ3v) is 7.65. The van der Waals surface area contributed by atoms with E-state index in [-0.39, 0.29) is 12.6 Å². The van der Waals surface area contributed by atoms with Crippen molar-refractivity contribution in [1.82, 2.24) is 4.90 Å². The van der Waals surface area contributed by atoms with Crippen LogP contribution in [0.3, 0.4) is 0 Å². The summed E-state index contributed by atoms with van der Waals surface area (Å²) in [5.74, 6) is -0.207. The fourth-order valence-corrected chi connectivity index (χ4v) is 5.39. The fourth-order valence-electron chi connectivity index (χ4n) is 5.39. The number of carboxylic acid groups (broad SMARTS) is 1. The molecule has 1 heterocycles. The number of aliphatic hydroxyl groups is 1. The van der Waals surface area contributed by atoms with Crippen LogP contribution in [0.4, 0.5) is 18.9 Å². The summed E-state index contributed by atoms with van der Waals surface area (Å²) >= 11 is 0. The minimum Gasteiger partial charge on any atom is -0.479 e. The molecule has 1 fully saturated rings. The molecule has 0 radical (unpaired) electrons. The van der Waals surface area contributed by atoms with E-state index in [9.17, 15) is 27.9 Å². The second kappa shape index (κ2) is 12.8. The number of aryl methyl sites for hydroxylation is 1. The number of alkyl halides is 3. The number of hydrogen-bond acceptors (Lipinski definition) is 5. The monoisotopic (exact) mass is 572 g/mol. The summed E-state index contributed by atoms with van der Waals surface area (Å²) in [4.78, 5) is 24.8. The van der Waals surface area contributed by atoms with Gasteiger partial charge in [-0.05, 0) is 61.2 Å². The number of hydrogen-bond donors (Lipinski definition) is 3. The fraction of sp³-hybridized carbons (Fsp3) is 0.419. The smallest absolute Gasteiger partial charge is 0.416 e. The Morgan fingerprint density at radius 1 is 1.05 bits per heavy atom. The highest BCUT2D eigenvalue weighted by Gasteiger charge is 2.31. The van der Waals surface area contributed by atoms with Gasteiger partial charge in [0, 0.05) is 35.8 Å². The van der Waals surface area contributed by atoms with Gasteiger partial charge in [0.05, 0.1) is 18.2 Å². The summed E-state index contributed by atoms with van der Waals surface area (Å²) < 4.78 is 45.4. The summed E-state index contributed by atoms with van der Waals surface area (Å²) in [6.45, 7) is 1.65. The van der Waals surface area contributed by atoms with Crippen LogP contribution in [0.2, 0.25) is 0 Å². The number of likely N-dealkylation sites (N-methyl/N-ethyl adjacent to an activating group) is 1. The lowest BCUT2D eigenvalue weighted by Crippen LogP contribution is -2.38. The number of carbonyl (C=O) groups excluding carboxylic acids is 1. The van der Waals surface area contributed by atoms with Crippen molar-refractivity contribution in [2.24, 2.45) is 5.92 Å². The molecule has 1 saturated carbocycles. The lowest BCUT2D eigenvalue weighted by Gasteiger charge is -2.32. The van der Waals surface area contributed by atoms with Gasteiger partial charge in [0.25, 0.3) is 5.91 Å². The molecule has 1 aromatic heterocycles. The number of carboxylic acids is 1. The van der Waals surface area contributed by atoms with Gasteiger partial charge in [-0.1, -0.05) is 38.3 Å². The number of furan rings is 1. The molecule has 0 bridgehead atoms. The Kier molecular flexibility index (Phi) is 9.42. The Bertz CT molecular complexity index is 1330. The van der Waals surface area contributed by atoms with E-state index in [1.54, 1.807) is 24.3 Å². The van der Waals surface area contributed by atoms with Crippen LogP contribution in [0.15, 0.2) is 59.0 Å². The Labute approximate surface area is 237 Å². The molecule has 10 heteroatoms. The highest BCUT2D eigenvalue weighted by Crippen LogP contribution is 2.41. The van der Waals surface area contributed by atoms with Crippen molar-refractivity contribution in [3.63, 3.8) is 0 Å². The minimum atomic E-state index is -4.41. The average molecular weight is 573 g/mol. The number of rotatable bonds is 10. The summed E-state index contributed by atoms with van der Waals surface area (Å²) in [5, 5.41) is 22.1. The minimum absolute atomic E-state index is 0.105. The van der Waals surface area contributed by atoms with E-state index in [1.807, 2.05) is 13.0 Å². The molecule has 220 valence electrons. The number of benzene rings is 2. The first-order valence-corrected chi connectivity index (χ1v) is 13.8. The number of aliphatic carboxylic acids is 1. The van der Waals surface area contributed by atoms with Crippen molar-refractivity contribution < 1.29 is 37.4 Å². The highest BCUT2D eigenvalue weighted by atomic mass is 19.4. The van der Waals surface area contributed by atoms with Crippen LogP contribution < -0.4 is 5.32 Å². The van der Waals surface area contributed by atoms with Gasteiger partial charge < -0.3 is 24.8 Å². The zero-order chi connectivity index (χ0) is 29.7. The topological polar surface area (TPSA) is 103 Å². The van der Waals surface area contributed by atoms with Gasteiger partial charge in [0.15, 0.2) is 6.10 Å². The lowest BCUT2D eigenvalue weighted by atomic mass is 9.80. The number of anilines is 1. The summed E-state index contributed by atoms with van der Waals surface area (Å²) in [6.07, 6.45) is -0.0331. The van der Waals surface area contributed by atoms with Crippen LogP contribution in [0.25, 0.3) is 11.3 Å². The highest BCUT2D eigenvalue weighted by molar-refractivity contribution is 5.94. The van der Waals surface area contributed by atoms with Gasteiger partial charge in [0.1, 0.15) is 11.5 Å². The molecule has 41 heavy (non-hydrogen) atoms. The van der Waals surface area contributed by atoms with E-state index < -0.39 is 29.7 Å². The molecular formula is C31H35F3N2O5. The van der Waals surface area contributed by atoms with Crippen LogP contribution in [-0.4, -0.2) is 46.7 Å². The van der Waals surface area contributed by atoms with Gasteiger partial charge in [-0.15, -0.1) is 0 Å². The molecule has 3 aromatic rings. The van der Waals surface area contributed by atoms with Crippen molar-refractivity contribution in [1.29, 1.82) is 0 Å². The third-order valence-electron chi connectivity index (χ3n) is 7.65. The SMILES string of the molecule is CCc1oc(-c2ccc(C(F)(F)F)cc2)cc1C(Nc1ccc(C(=O)N(C)CC(O)C(=O)O)cc1)C1CCCCC1. The van der Waals surface area contributed by atoms with Crippen LogP contribution in [0.1, 0.15) is 72.3 Å². The second-order valence-corrected chi connectivity index (χ2v) is 10.6. The zero-order valence-corrected chi connectivity index (χ0v) is 23.1. The summed E-state index contributed by atoms with van der Waals surface area (Å²) in [6, 6.07) is 13.7. The number of amides is 1. The first kappa shape index (κ1) is 30.2. The van der Waals surface area contributed by atoms with Gasteiger partial charge in [-0.2, -0.15) is 13.2 Å². The predicted octanol–water partition coefficient (Wildman–Crippen LogP) is 6.78. The Morgan fingerprint density at radius 2 is 1.68 bits per heavy atom. The normalized spacial score (nSPS) is 15.8. The van der Waals surface area contributed by atoms with Crippen LogP contribution >= 0.6 is 0 Å². The van der Waals surface area contributed by atoms with E-state index in [2.05, 4.69) is 5.32 Å². The van der Waals surface area contributed by atoms with E-state index in [4.69, 9.17) is 9.52 Å². The van der Waals surface area contributed by atoms with Crippen molar-refractivity contribution in [3.8, 4) is 11.3 Å². The maximum Gasteiger partial charge on any atom is 0.416 e. The molecule has 0 saturated heterocycles. The standard InChI is InChI=1S/C31H35F3N2O5/c1-3-26-24(17-27(41-26)19-9-13-22(14-10-19)31(32,33)34)28(20-7-5-4-6-8-20)35-23-15-11-21(12-16-23)29(38)36(2)18-25(37)30(39)40/h9-17,20,25,28,35,37H,3-8,18H2,1-2H3,(H,39,40). The van der Waals surface area contributed by atoms with Gasteiger partial charge in [-0.25, -0.2) is 4.79 Å². The number of carbonyl (C=O) groups is 2. The summed E-state index contributed by atoms with van der Waals surface area (Å²) in [7, 11) is 1.43. The first-order chi connectivity index (χ1) is 19.5. The van der Waals surface area contributed by atoms with Crippen molar-refractivity contribution in [3.05, 3.63) is 77.0 Å². The molecule has 4 rings (SSSR count). The van der Waals surface area contributed by atoms with Gasteiger partial charge in [0.2, 0.25) is 0 Å². The largest absolute Gasteiger partial charge is 0.479 e. The van der Waals surface area contributed by atoms with Crippen molar-refractivity contribution in [2.75, 3.05) is 18.9 Å². The number of nitrogens with one attached hydrogen (secondary N) is 1. The Morgan fingerprint density at radius 3 is 2.24 bits per heavy atom. The maximum atomic E-state index is 13.1. The molecule has 2 atom stereocenters. The first-order valence-electron chi connectivity index (χ1n) is 13.8. The van der Waals surface area contributed by atoms with Crippen LogP contribution in [-0.2, 0) is 17.4 Å².